The van der Waals surface area contributed by atoms with E-state index in [1.165, 1.54) is 0 Å². The lowest BCUT2D eigenvalue weighted by Gasteiger charge is -2.07. The normalized spacial score (nSPS) is 11.6. The van der Waals surface area contributed by atoms with E-state index in [9.17, 15) is 8.42 Å². The molecule has 0 bridgehead atoms. The summed E-state index contributed by atoms with van der Waals surface area (Å²) < 4.78 is 27.7. The number of rotatable bonds is 7. The summed E-state index contributed by atoms with van der Waals surface area (Å²) in [6.07, 6.45) is 1.42. The summed E-state index contributed by atoms with van der Waals surface area (Å²) in [6.45, 7) is 2.75. The van der Waals surface area contributed by atoms with E-state index in [0.29, 0.717) is 25.2 Å². The number of hydrogen-bond acceptors (Lipinski definition) is 3. The van der Waals surface area contributed by atoms with Crippen molar-refractivity contribution in [2.75, 3.05) is 18.8 Å². The fraction of sp³-hybridized carbons (Fsp3) is 0.455. The first-order chi connectivity index (χ1) is 8.03. The summed E-state index contributed by atoms with van der Waals surface area (Å²) in [5.74, 6) is 0. The molecule has 0 saturated carbocycles. The monoisotopic (exact) mass is 257 g/mol. The minimum Gasteiger partial charge on any atom is -0.399 e. The van der Waals surface area contributed by atoms with E-state index in [0.717, 1.165) is 12.0 Å². The fourth-order valence-electron chi connectivity index (χ4n) is 1.30. The predicted octanol–water partition coefficient (Wildman–Crippen LogP) is 0.645. The molecule has 0 amide bonds. The molecule has 6 heteroatoms. The van der Waals surface area contributed by atoms with Crippen molar-refractivity contribution in [2.45, 2.75) is 19.8 Å². The molecule has 0 saturated heterocycles. The highest BCUT2D eigenvalue weighted by atomic mass is 32.2. The molecule has 1 rings (SSSR count). The van der Waals surface area contributed by atoms with Gasteiger partial charge in [0.05, 0.1) is 0 Å². The summed E-state index contributed by atoms with van der Waals surface area (Å²) in [7, 11) is -3.35. The SMILES string of the molecule is CCCNS(=O)(=O)NCCc1ccc(N)cc1. The number of anilines is 1. The second-order valence-corrected chi connectivity index (χ2v) is 5.37. The van der Waals surface area contributed by atoms with Crippen molar-refractivity contribution in [3.05, 3.63) is 29.8 Å². The zero-order valence-corrected chi connectivity index (χ0v) is 10.8. The Bertz CT molecular complexity index is 429. The zero-order valence-electron chi connectivity index (χ0n) is 9.94. The first kappa shape index (κ1) is 14.0. The van der Waals surface area contributed by atoms with Gasteiger partial charge in [-0.2, -0.15) is 8.42 Å². The van der Waals surface area contributed by atoms with Crippen molar-refractivity contribution in [1.82, 2.24) is 9.44 Å². The summed E-state index contributed by atoms with van der Waals surface area (Å²) in [5.41, 5.74) is 7.32. The van der Waals surface area contributed by atoms with Crippen molar-refractivity contribution < 1.29 is 8.42 Å². The number of benzene rings is 1. The first-order valence-electron chi connectivity index (χ1n) is 5.62. The minimum absolute atomic E-state index is 0.378. The lowest BCUT2D eigenvalue weighted by Crippen LogP contribution is -2.37. The smallest absolute Gasteiger partial charge is 0.276 e. The van der Waals surface area contributed by atoms with Crippen LogP contribution in [0.3, 0.4) is 0 Å². The predicted molar refractivity (Wildman–Crippen MR) is 69.8 cm³/mol. The van der Waals surface area contributed by atoms with Crippen LogP contribution in [0.5, 0.6) is 0 Å². The molecule has 0 atom stereocenters. The van der Waals surface area contributed by atoms with Gasteiger partial charge in [0.15, 0.2) is 0 Å². The Labute approximate surface area is 103 Å². The first-order valence-corrected chi connectivity index (χ1v) is 7.10. The van der Waals surface area contributed by atoms with Crippen LogP contribution < -0.4 is 15.2 Å². The summed E-state index contributed by atoms with van der Waals surface area (Å²) in [6, 6.07) is 7.39. The molecule has 0 aromatic heterocycles. The molecule has 0 aliphatic rings. The van der Waals surface area contributed by atoms with Gasteiger partial charge in [-0.05, 0) is 30.5 Å². The largest absolute Gasteiger partial charge is 0.399 e. The molecular weight excluding hydrogens is 238 g/mol. The third-order valence-electron chi connectivity index (χ3n) is 2.23. The van der Waals surface area contributed by atoms with Gasteiger partial charge in [0.1, 0.15) is 0 Å². The quantitative estimate of drug-likeness (QED) is 0.627. The molecule has 0 aliphatic heterocycles. The van der Waals surface area contributed by atoms with Crippen molar-refractivity contribution in [3.8, 4) is 0 Å². The zero-order chi connectivity index (χ0) is 12.7. The minimum atomic E-state index is -3.35. The maximum absolute atomic E-state index is 11.4. The molecule has 0 heterocycles. The Kier molecular flexibility index (Phi) is 5.40. The van der Waals surface area contributed by atoms with E-state index < -0.39 is 10.2 Å². The van der Waals surface area contributed by atoms with Gasteiger partial charge in [0.2, 0.25) is 0 Å². The van der Waals surface area contributed by atoms with Crippen molar-refractivity contribution >= 4 is 15.9 Å². The molecule has 0 fully saturated rings. The standard InChI is InChI=1S/C11H19N3O2S/c1-2-8-13-17(15,16)14-9-7-10-3-5-11(12)6-4-10/h3-6,13-14H,2,7-9,12H2,1H3. The molecule has 1 aromatic carbocycles. The van der Waals surface area contributed by atoms with Crippen LogP contribution in [0.4, 0.5) is 5.69 Å². The van der Waals surface area contributed by atoms with Crippen LogP contribution in [0.25, 0.3) is 0 Å². The Balaban J connectivity index is 2.34. The van der Waals surface area contributed by atoms with Crippen LogP contribution in [-0.2, 0) is 16.6 Å². The molecule has 1 aromatic rings. The van der Waals surface area contributed by atoms with Crippen LogP contribution in [-0.4, -0.2) is 21.5 Å². The van der Waals surface area contributed by atoms with Gasteiger partial charge in [-0.15, -0.1) is 0 Å². The van der Waals surface area contributed by atoms with Crippen LogP contribution in [0, 0.1) is 0 Å². The van der Waals surface area contributed by atoms with Crippen LogP contribution >= 0.6 is 0 Å². The van der Waals surface area contributed by atoms with E-state index in [1.54, 1.807) is 12.1 Å². The molecule has 5 nitrogen and oxygen atoms in total. The van der Waals surface area contributed by atoms with Gasteiger partial charge >= 0.3 is 0 Å². The average molecular weight is 257 g/mol. The maximum atomic E-state index is 11.4. The van der Waals surface area contributed by atoms with Gasteiger partial charge in [-0.3, -0.25) is 0 Å². The van der Waals surface area contributed by atoms with Crippen LogP contribution in [0.15, 0.2) is 24.3 Å². The third-order valence-corrected chi connectivity index (χ3v) is 3.40. The van der Waals surface area contributed by atoms with Crippen LogP contribution in [0.1, 0.15) is 18.9 Å². The van der Waals surface area contributed by atoms with E-state index in [2.05, 4.69) is 9.44 Å². The fourth-order valence-corrected chi connectivity index (χ4v) is 2.25. The van der Waals surface area contributed by atoms with Gasteiger partial charge in [-0.25, -0.2) is 9.44 Å². The van der Waals surface area contributed by atoms with Crippen molar-refractivity contribution in [2.24, 2.45) is 0 Å². The Hall–Kier alpha value is -1.11. The molecule has 0 spiro atoms. The molecule has 96 valence electrons. The summed E-state index contributed by atoms with van der Waals surface area (Å²) >= 11 is 0. The van der Waals surface area contributed by atoms with E-state index in [4.69, 9.17) is 5.73 Å². The molecule has 4 N–H and O–H groups in total. The molecule has 0 radical (unpaired) electrons. The lowest BCUT2D eigenvalue weighted by atomic mass is 10.1. The number of nitrogen functional groups attached to an aromatic ring is 1. The van der Waals surface area contributed by atoms with Crippen LogP contribution in [0.2, 0.25) is 0 Å². The van der Waals surface area contributed by atoms with Crippen molar-refractivity contribution in [3.63, 3.8) is 0 Å². The highest BCUT2D eigenvalue weighted by Gasteiger charge is 2.06. The number of nitrogens with two attached hydrogens (primary N) is 1. The number of hydrogen-bond donors (Lipinski definition) is 3. The van der Waals surface area contributed by atoms with E-state index >= 15 is 0 Å². The number of nitrogens with one attached hydrogen (secondary N) is 2. The van der Waals surface area contributed by atoms with Gasteiger partial charge in [0, 0.05) is 18.8 Å². The van der Waals surface area contributed by atoms with Gasteiger partial charge < -0.3 is 5.73 Å². The topological polar surface area (TPSA) is 84.2 Å². The van der Waals surface area contributed by atoms with Crippen molar-refractivity contribution in [1.29, 1.82) is 0 Å². The highest BCUT2D eigenvalue weighted by molar-refractivity contribution is 7.87. The van der Waals surface area contributed by atoms with E-state index in [1.807, 2.05) is 19.1 Å². The second kappa shape index (κ2) is 6.58. The Morgan fingerprint density at radius 2 is 1.71 bits per heavy atom. The molecule has 0 aliphatic carbocycles. The lowest BCUT2D eigenvalue weighted by molar-refractivity contribution is 0.566. The molecule has 0 unspecified atom stereocenters. The summed E-state index contributed by atoms with van der Waals surface area (Å²) in [4.78, 5) is 0. The Morgan fingerprint density at radius 3 is 2.29 bits per heavy atom. The average Bonchev–Trinajstić information content (AvgIpc) is 2.29. The second-order valence-electron chi connectivity index (χ2n) is 3.78. The van der Waals surface area contributed by atoms with Gasteiger partial charge in [0.25, 0.3) is 10.2 Å². The highest BCUT2D eigenvalue weighted by Crippen LogP contribution is 2.05. The Morgan fingerprint density at radius 1 is 1.12 bits per heavy atom. The van der Waals surface area contributed by atoms with E-state index in [-0.39, 0.29) is 0 Å². The maximum Gasteiger partial charge on any atom is 0.276 e. The third kappa shape index (κ3) is 5.67. The summed E-state index contributed by atoms with van der Waals surface area (Å²) in [5, 5.41) is 0. The molecule has 17 heavy (non-hydrogen) atoms. The molecular formula is C11H19N3O2S. The van der Waals surface area contributed by atoms with Gasteiger partial charge in [-0.1, -0.05) is 19.1 Å².